The first-order valence-corrected chi connectivity index (χ1v) is 7.04. The molecule has 2 N–H and O–H groups in total. The number of rotatable bonds is 3. The van der Waals surface area contributed by atoms with Crippen molar-refractivity contribution in [2.24, 2.45) is 5.73 Å². The Balaban J connectivity index is 2.10. The van der Waals surface area contributed by atoms with Gasteiger partial charge in [0.2, 0.25) is 0 Å². The highest BCUT2D eigenvalue weighted by Crippen LogP contribution is 2.26. The Morgan fingerprint density at radius 1 is 1.22 bits per heavy atom. The van der Waals surface area contributed by atoms with Crippen molar-refractivity contribution >= 4 is 33.8 Å². The van der Waals surface area contributed by atoms with Crippen LogP contribution < -0.4 is 5.73 Å². The summed E-state index contributed by atoms with van der Waals surface area (Å²) in [7, 11) is 0. The van der Waals surface area contributed by atoms with E-state index in [-0.39, 0.29) is 0 Å². The molecule has 0 aliphatic carbocycles. The molecule has 0 aliphatic rings. The quantitative estimate of drug-likeness (QED) is 0.774. The smallest absolute Gasteiger partial charge is 0.0584 e. The molecule has 0 saturated carbocycles. The molecule has 18 heavy (non-hydrogen) atoms. The van der Waals surface area contributed by atoms with Crippen molar-refractivity contribution in [3.05, 3.63) is 57.4 Å². The third kappa shape index (κ3) is 1.94. The second-order valence-corrected chi connectivity index (χ2v) is 5.60. The number of hydrogen-bond acceptors (Lipinski definition) is 2. The van der Waals surface area contributed by atoms with Crippen LogP contribution in [0.1, 0.15) is 10.4 Å². The van der Waals surface area contributed by atoms with Crippen LogP contribution in [0.25, 0.3) is 10.9 Å². The highest BCUT2D eigenvalue weighted by molar-refractivity contribution is 7.10. The zero-order chi connectivity index (χ0) is 12.5. The lowest BCUT2D eigenvalue weighted by molar-refractivity contribution is 0.844. The zero-order valence-electron chi connectivity index (χ0n) is 9.77. The summed E-state index contributed by atoms with van der Waals surface area (Å²) in [5.41, 5.74) is 8.19. The fraction of sp³-hybridized carbons (Fsp3) is 0.143. The van der Waals surface area contributed by atoms with E-state index in [1.165, 1.54) is 21.3 Å². The van der Waals surface area contributed by atoms with E-state index in [1.807, 2.05) is 17.5 Å². The molecule has 0 radical (unpaired) electrons. The van der Waals surface area contributed by atoms with E-state index in [4.69, 9.17) is 17.3 Å². The van der Waals surface area contributed by atoms with Crippen LogP contribution in [0, 0.1) is 0 Å². The summed E-state index contributed by atoms with van der Waals surface area (Å²) >= 11 is 7.84. The van der Waals surface area contributed by atoms with Gasteiger partial charge in [0.25, 0.3) is 0 Å². The Bertz CT molecular complexity index is 684. The van der Waals surface area contributed by atoms with E-state index in [1.54, 1.807) is 11.3 Å². The second-order valence-electron chi connectivity index (χ2n) is 4.19. The summed E-state index contributed by atoms with van der Waals surface area (Å²) in [4.78, 5) is 1.18. The lowest BCUT2D eigenvalue weighted by Gasteiger charge is -2.08. The maximum Gasteiger partial charge on any atom is 0.0584 e. The standard InChI is InChI=1S/C14H13ClN2S/c15-12-5-7-18-13(12)9-17-6-4-10-2-1-3-11(8-16)14(10)17/h1-7H,8-9,16H2. The number of para-hydroxylation sites is 1. The van der Waals surface area contributed by atoms with Crippen molar-refractivity contribution in [2.45, 2.75) is 13.1 Å². The fourth-order valence-corrected chi connectivity index (χ4v) is 3.32. The number of hydrogen-bond donors (Lipinski definition) is 1. The average molecular weight is 277 g/mol. The minimum atomic E-state index is 0.555. The first-order chi connectivity index (χ1) is 8.79. The second kappa shape index (κ2) is 4.76. The van der Waals surface area contributed by atoms with Crippen molar-refractivity contribution in [3.8, 4) is 0 Å². The van der Waals surface area contributed by atoms with E-state index in [0.717, 1.165) is 11.6 Å². The molecule has 92 valence electrons. The molecule has 1 aromatic carbocycles. The van der Waals surface area contributed by atoms with Gasteiger partial charge in [-0.05, 0) is 28.5 Å². The average Bonchev–Trinajstić information content (AvgIpc) is 2.97. The maximum absolute atomic E-state index is 6.15. The minimum absolute atomic E-state index is 0.555. The Kier molecular flexibility index (Phi) is 3.12. The molecule has 0 bridgehead atoms. The number of fused-ring (bicyclic) bond motifs is 1. The molecule has 0 unspecified atom stereocenters. The third-order valence-electron chi connectivity index (χ3n) is 3.10. The molecule has 0 atom stereocenters. The zero-order valence-corrected chi connectivity index (χ0v) is 11.3. The molecule has 3 aromatic rings. The van der Waals surface area contributed by atoms with Gasteiger partial charge in [-0.1, -0.05) is 29.8 Å². The number of halogens is 1. The van der Waals surface area contributed by atoms with E-state index < -0.39 is 0 Å². The third-order valence-corrected chi connectivity index (χ3v) is 4.47. The summed E-state index contributed by atoms with van der Waals surface area (Å²) < 4.78 is 2.22. The van der Waals surface area contributed by atoms with Gasteiger partial charge in [0, 0.05) is 17.6 Å². The molecule has 0 amide bonds. The largest absolute Gasteiger partial charge is 0.342 e. The molecule has 0 spiro atoms. The van der Waals surface area contributed by atoms with Crippen LogP contribution in [0.15, 0.2) is 41.9 Å². The minimum Gasteiger partial charge on any atom is -0.342 e. The lowest BCUT2D eigenvalue weighted by atomic mass is 10.1. The summed E-state index contributed by atoms with van der Waals surface area (Å²) in [5.74, 6) is 0. The van der Waals surface area contributed by atoms with Crippen LogP contribution in [0.3, 0.4) is 0 Å². The van der Waals surface area contributed by atoms with Crippen LogP contribution in [0.2, 0.25) is 5.02 Å². The fourth-order valence-electron chi connectivity index (χ4n) is 2.23. The van der Waals surface area contributed by atoms with Gasteiger partial charge in [0.1, 0.15) is 0 Å². The first-order valence-electron chi connectivity index (χ1n) is 5.78. The number of nitrogens with zero attached hydrogens (tertiary/aromatic N) is 1. The summed E-state index contributed by atoms with van der Waals surface area (Å²) in [6.45, 7) is 1.36. The summed E-state index contributed by atoms with van der Waals surface area (Å²) in [6.07, 6.45) is 2.10. The van der Waals surface area contributed by atoms with Crippen LogP contribution in [0.4, 0.5) is 0 Å². The topological polar surface area (TPSA) is 30.9 Å². The number of nitrogens with two attached hydrogens (primary N) is 1. The Morgan fingerprint density at radius 3 is 2.83 bits per heavy atom. The molecule has 2 heterocycles. The summed E-state index contributed by atoms with van der Waals surface area (Å²) in [5, 5.41) is 4.09. The number of thiophene rings is 1. The Labute approximate surface area is 115 Å². The highest BCUT2D eigenvalue weighted by Gasteiger charge is 2.08. The molecule has 0 saturated heterocycles. The van der Waals surface area contributed by atoms with Crippen LogP contribution >= 0.6 is 22.9 Å². The first kappa shape index (κ1) is 11.8. The molecule has 0 aliphatic heterocycles. The van der Waals surface area contributed by atoms with Crippen molar-refractivity contribution in [1.29, 1.82) is 0 Å². The molecule has 2 aromatic heterocycles. The van der Waals surface area contributed by atoms with Crippen LogP contribution in [-0.2, 0) is 13.1 Å². The molecule has 0 fully saturated rings. The molecular weight excluding hydrogens is 264 g/mol. The van der Waals surface area contributed by atoms with Gasteiger partial charge in [0.05, 0.1) is 17.1 Å². The predicted molar refractivity (Wildman–Crippen MR) is 78.3 cm³/mol. The highest BCUT2D eigenvalue weighted by atomic mass is 35.5. The van der Waals surface area contributed by atoms with Crippen molar-refractivity contribution in [3.63, 3.8) is 0 Å². The van der Waals surface area contributed by atoms with Gasteiger partial charge < -0.3 is 10.3 Å². The number of aromatic nitrogens is 1. The Hall–Kier alpha value is -1.29. The van der Waals surface area contributed by atoms with Crippen LogP contribution in [0.5, 0.6) is 0 Å². The molecular formula is C14H13ClN2S. The van der Waals surface area contributed by atoms with E-state index in [9.17, 15) is 0 Å². The van der Waals surface area contributed by atoms with Gasteiger partial charge in [0.15, 0.2) is 0 Å². The maximum atomic E-state index is 6.15. The van der Waals surface area contributed by atoms with E-state index in [0.29, 0.717) is 6.54 Å². The molecule has 3 rings (SSSR count). The van der Waals surface area contributed by atoms with Crippen molar-refractivity contribution in [1.82, 2.24) is 4.57 Å². The van der Waals surface area contributed by atoms with Crippen molar-refractivity contribution < 1.29 is 0 Å². The van der Waals surface area contributed by atoms with Gasteiger partial charge in [-0.2, -0.15) is 0 Å². The van der Waals surface area contributed by atoms with Gasteiger partial charge >= 0.3 is 0 Å². The predicted octanol–water partition coefficient (Wildman–Crippen LogP) is 3.86. The Morgan fingerprint density at radius 2 is 2.11 bits per heavy atom. The van der Waals surface area contributed by atoms with E-state index in [2.05, 4.69) is 29.0 Å². The summed E-state index contributed by atoms with van der Waals surface area (Å²) in [6, 6.07) is 10.3. The van der Waals surface area contributed by atoms with Gasteiger partial charge in [-0.15, -0.1) is 11.3 Å². The number of benzene rings is 1. The lowest BCUT2D eigenvalue weighted by Crippen LogP contribution is -2.02. The van der Waals surface area contributed by atoms with Gasteiger partial charge in [-0.25, -0.2) is 0 Å². The van der Waals surface area contributed by atoms with Gasteiger partial charge in [-0.3, -0.25) is 0 Å². The van der Waals surface area contributed by atoms with E-state index >= 15 is 0 Å². The van der Waals surface area contributed by atoms with Crippen LogP contribution in [-0.4, -0.2) is 4.57 Å². The molecule has 4 heteroatoms. The SMILES string of the molecule is NCc1cccc2ccn(Cc3sccc3Cl)c12. The monoisotopic (exact) mass is 276 g/mol. The normalized spacial score (nSPS) is 11.2. The molecule has 2 nitrogen and oxygen atoms in total. The van der Waals surface area contributed by atoms with Crippen molar-refractivity contribution in [2.75, 3.05) is 0 Å².